The van der Waals surface area contributed by atoms with Crippen molar-refractivity contribution < 1.29 is 23.8 Å². The highest BCUT2D eigenvalue weighted by Gasteiger charge is 2.15. The minimum absolute atomic E-state index is 0.0872. The molecule has 134 valence electrons. The molecule has 0 saturated heterocycles. The zero-order chi connectivity index (χ0) is 18.5. The smallest absolute Gasteiger partial charge is 0.342 e. The van der Waals surface area contributed by atoms with Crippen molar-refractivity contribution in [3.8, 4) is 11.5 Å². The lowest BCUT2D eigenvalue weighted by molar-refractivity contribution is -0.131. The van der Waals surface area contributed by atoms with Crippen molar-refractivity contribution in [1.29, 1.82) is 0 Å². The number of carbonyl (C=O) groups is 1. The van der Waals surface area contributed by atoms with Crippen molar-refractivity contribution in [2.45, 2.75) is 12.1 Å². The van der Waals surface area contributed by atoms with Gasteiger partial charge in [0.1, 0.15) is 10.4 Å². The summed E-state index contributed by atoms with van der Waals surface area (Å²) in [4.78, 5) is 16.0. The molecular formula is C19H17NO5S. The van der Waals surface area contributed by atoms with E-state index in [1.54, 1.807) is 37.5 Å². The van der Waals surface area contributed by atoms with Crippen molar-refractivity contribution in [3.05, 3.63) is 52.9 Å². The second-order valence-electron chi connectivity index (χ2n) is 5.21. The first-order chi connectivity index (χ1) is 12.6. The van der Waals surface area contributed by atoms with Crippen LogP contribution in [-0.2, 0) is 4.79 Å². The predicted octanol–water partition coefficient (Wildman–Crippen LogP) is 4.45. The predicted molar refractivity (Wildman–Crippen MR) is 99.6 cm³/mol. The summed E-state index contributed by atoms with van der Waals surface area (Å²) in [5, 5.41) is 9.81. The van der Waals surface area contributed by atoms with E-state index in [0.717, 1.165) is 11.8 Å². The zero-order valence-corrected chi connectivity index (χ0v) is 15.1. The summed E-state index contributed by atoms with van der Waals surface area (Å²) in [6.07, 6.45) is 1.55. The third-order valence-electron chi connectivity index (χ3n) is 3.47. The van der Waals surface area contributed by atoms with Crippen LogP contribution in [-0.4, -0.2) is 29.8 Å². The number of methoxy groups -OCH3 is 1. The fraction of sp³-hybridized carbons (Fsp3) is 0.158. The number of aliphatic carboxylic acids is 1. The van der Waals surface area contributed by atoms with Gasteiger partial charge < -0.3 is 19.0 Å². The number of ether oxygens (including phenoxy) is 2. The lowest BCUT2D eigenvalue weighted by Crippen LogP contribution is -1.98. The third-order valence-corrected chi connectivity index (χ3v) is 4.33. The molecule has 0 fully saturated rings. The molecule has 0 spiro atoms. The number of carboxylic acid groups (broad SMARTS) is 1. The molecule has 26 heavy (non-hydrogen) atoms. The minimum atomic E-state index is -1.06. The molecular weight excluding hydrogens is 354 g/mol. The Hall–Kier alpha value is -2.93. The van der Waals surface area contributed by atoms with Crippen LogP contribution in [0.5, 0.6) is 11.5 Å². The van der Waals surface area contributed by atoms with E-state index in [9.17, 15) is 9.90 Å². The molecule has 2 aromatic carbocycles. The minimum Gasteiger partial charge on any atom is -0.493 e. The highest BCUT2D eigenvalue weighted by Crippen LogP contribution is 2.33. The molecule has 1 N–H and O–H groups in total. The summed E-state index contributed by atoms with van der Waals surface area (Å²) in [6.45, 7) is 2.35. The van der Waals surface area contributed by atoms with Gasteiger partial charge in [-0.2, -0.15) is 0 Å². The van der Waals surface area contributed by atoms with E-state index in [2.05, 4.69) is 4.98 Å². The van der Waals surface area contributed by atoms with Crippen LogP contribution in [0.1, 0.15) is 12.5 Å². The molecule has 0 unspecified atom stereocenters. The molecule has 0 amide bonds. The Kier molecular flexibility index (Phi) is 5.48. The molecule has 0 radical (unpaired) electrons. The molecule has 0 atom stereocenters. The fourth-order valence-electron chi connectivity index (χ4n) is 2.33. The molecule has 7 heteroatoms. The Labute approximate surface area is 154 Å². The number of thioether (sulfide) groups is 1. The van der Waals surface area contributed by atoms with E-state index in [-0.39, 0.29) is 10.1 Å². The summed E-state index contributed by atoms with van der Waals surface area (Å²) >= 11 is 0.958. The lowest BCUT2D eigenvalue weighted by Gasteiger charge is -2.10. The molecule has 0 aliphatic rings. The number of hydrogen-bond donors (Lipinski definition) is 1. The standard InChI is InChI=1S/C19H17NO5S/c1-3-24-16-10-12(8-9-15(16)23-2)11-17(18(21)22)26-19-20-13-6-4-5-7-14(13)25-19/h4-11H,3H2,1-2H3,(H,21,22)/b17-11-. The second kappa shape index (κ2) is 7.97. The maximum Gasteiger partial charge on any atom is 0.342 e. The van der Waals surface area contributed by atoms with Gasteiger partial charge in [0.15, 0.2) is 17.1 Å². The number of carboxylic acids is 1. The van der Waals surface area contributed by atoms with Crippen molar-refractivity contribution >= 4 is 34.9 Å². The first-order valence-electron chi connectivity index (χ1n) is 7.90. The van der Waals surface area contributed by atoms with E-state index in [1.165, 1.54) is 0 Å². The van der Waals surface area contributed by atoms with E-state index in [0.29, 0.717) is 34.8 Å². The first kappa shape index (κ1) is 17.9. The van der Waals surface area contributed by atoms with Crippen LogP contribution in [0.2, 0.25) is 0 Å². The number of benzene rings is 2. The van der Waals surface area contributed by atoms with Crippen LogP contribution in [0.3, 0.4) is 0 Å². The van der Waals surface area contributed by atoms with Gasteiger partial charge in [0.25, 0.3) is 5.22 Å². The average molecular weight is 371 g/mol. The maximum atomic E-state index is 11.6. The molecule has 1 aromatic heterocycles. The summed E-state index contributed by atoms with van der Waals surface area (Å²) in [6, 6.07) is 12.5. The number of para-hydroxylation sites is 2. The quantitative estimate of drug-likeness (QED) is 0.485. The van der Waals surface area contributed by atoms with Gasteiger partial charge in [-0.1, -0.05) is 18.2 Å². The lowest BCUT2D eigenvalue weighted by atomic mass is 10.2. The van der Waals surface area contributed by atoms with Crippen LogP contribution in [0.4, 0.5) is 0 Å². The highest BCUT2D eigenvalue weighted by molar-refractivity contribution is 8.03. The normalized spacial score (nSPS) is 11.5. The Morgan fingerprint density at radius 3 is 2.77 bits per heavy atom. The van der Waals surface area contributed by atoms with Crippen LogP contribution >= 0.6 is 11.8 Å². The fourth-order valence-corrected chi connectivity index (χ4v) is 3.07. The molecule has 0 bridgehead atoms. The Bertz CT molecular complexity index is 930. The summed E-state index contributed by atoms with van der Waals surface area (Å²) < 4.78 is 16.4. The van der Waals surface area contributed by atoms with Gasteiger partial charge in [0, 0.05) is 0 Å². The van der Waals surface area contributed by atoms with Gasteiger partial charge in [-0.25, -0.2) is 9.78 Å². The SMILES string of the molecule is CCOc1cc(/C=C(\Sc2nc3ccccc3o2)C(=O)O)ccc1OC. The van der Waals surface area contributed by atoms with Gasteiger partial charge in [0.2, 0.25) is 0 Å². The van der Waals surface area contributed by atoms with E-state index >= 15 is 0 Å². The summed E-state index contributed by atoms with van der Waals surface area (Å²) in [5.41, 5.74) is 1.97. The van der Waals surface area contributed by atoms with Crippen LogP contribution in [0.25, 0.3) is 17.2 Å². The Morgan fingerprint density at radius 2 is 2.08 bits per heavy atom. The zero-order valence-electron chi connectivity index (χ0n) is 14.3. The largest absolute Gasteiger partial charge is 0.493 e. The van der Waals surface area contributed by atoms with Gasteiger partial charge in [-0.3, -0.25) is 0 Å². The highest BCUT2D eigenvalue weighted by atomic mass is 32.2. The Balaban J connectivity index is 1.91. The van der Waals surface area contributed by atoms with Crippen LogP contribution < -0.4 is 9.47 Å². The van der Waals surface area contributed by atoms with E-state index < -0.39 is 5.97 Å². The Morgan fingerprint density at radius 1 is 1.27 bits per heavy atom. The van der Waals surface area contributed by atoms with Gasteiger partial charge in [0.05, 0.1) is 13.7 Å². The number of oxazole rings is 1. The third kappa shape index (κ3) is 4.00. The molecule has 0 saturated carbocycles. The van der Waals surface area contributed by atoms with E-state index in [1.807, 2.05) is 25.1 Å². The molecule has 1 heterocycles. The average Bonchev–Trinajstić information content (AvgIpc) is 3.04. The summed E-state index contributed by atoms with van der Waals surface area (Å²) in [7, 11) is 1.55. The van der Waals surface area contributed by atoms with Crippen molar-refractivity contribution in [2.75, 3.05) is 13.7 Å². The molecule has 3 aromatic rings. The molecule has 0 aliphatic heterocycles. The van der Waals surface area contributed by atoms with Gasteiger partial charge >= 0.3 is 5.97 Å². The van der Waals surface area contributed by atoms with Crippen molar-refractivity contribution in [3.63, 3.8) is 0 Å². The van der Waals surface area contributed by atoms with Gasteiger partial charge in [-0.05, 0) is 54.6 Å². The number of rotatable bonds is 7. The van der Waals surface area contributed by atoms with Crippen molar-refractivity contribution in [2.24, 2.45) is 0 Å². The molecule has 6 nitrogen and oxygen atoms in total. The first-order valence-corrected chi connectivity index (χ1v) is 8.71. The van der Waals surface area contributed by atoms with Crippen LogP contribution in [0, 0.1) is 0 Å². The van der Waals surface area contributed by atoms with Crippen molar-refractivity contribution in [1.82, 2.24) is 4.98 Å². The number of hydrogen-bond acceptors (Lipinski definition) is 6. The number of fused-ring (bicyclic) bond motifs is 1. The maximum absolute atomic E-state index is 11.6. The second-order valence-corrected chi connectivity index (χ2v) is 6.20. The molecule has 3 rings (SSSR count). The van der Waals surface area contributed by atoms with Crippen LogP contribution in [0.15, 0.2) is 57.0 Å². The van der Waals surface area contributed by atoms with E-state index in [4.69, 9.17) is 13.9 Å². The van der Waals surface area contributed by atoms with Gasteiger partial charge in [-0.15, -0.1) is 0 Å². The summed E-state index contributed by atoms with van der Waals surface area (Å²) in [5.74, 6) is 0.0823. The topological polar surface area (TPSA) is 81.8 Å². The number of aromatic nitrogens is 1. The monoisotopic (exact) mass is 371 g/mol. The number of nitrogens with zero attached hydrogens (tertiary/aromatic N) is 1. The molecule has 0 aliphatic carbocycles.